The summed E-state index contributed by atoms with van der Waals surface area (Å²) in [7, 11) is 0. The summed E-state index contributed by atoms with van der Waals surface area (Å²) in [6.45, 7) is 6.44. The molecule has 0 unspecified atom stereocenters. The molecule has 0 saturated carbocycles. The van der Waals surface area contributed by atoms with Gasteiger partial charge in [-0.2, -0.15) is 0 Å². The van der Waals surface area contributed by atoms with E-state index in [2.05, 4.69) is 0 Å². The molecule has 0 aromatic rings. The molecule has 0 N–H and O–H groups in total. The molecule has 0 saturated heterocycles. The van der Waals surface area contributed by atoms with Gasteiger partial charge in [0.15, 0.2) is 0 Å². The van der Waals surface area contributed by atoms with Crippen molar-refractivity contribution >= 4 is 23.1 Å². The van der Waals surface area contributed by atoms with Crippen LogP contribution in [0.3, 0.4) is 0 Å². The normalized spacial score (nSPS) is 8.00. The molecule has 0 amide bonds. The fourth-order valence-corrected chi connectivity index (χ4v) is 0. The maximum Gasteiger partial charge on any atom is 2.00 e. The van der Waals surface area contributed by atoms with Gasteiger partial charge in [0, 0.05) is 0 Å². The number of rotatable bonds is 0. The minimum absolute atomic E-state index is 0. The third kappa shape index (κ3) is 825. The first-order valence-electron chi connectivity index (χ1n) is 2.78. The average Bonchev–Trinajstić information content (AvgIpc) is 1.25. The Bertz CT molecular complexity index is 26.5. The molecule has 0 aromatic heterocycles. The van der Waals surface area contributed by atoms with Crippen LogP contribution in [0.2, 0.25) is 0 Å². The zero-order valence-electron chi connectivity index (χ0n) is 6.68. The van der Waals surface area contributed by atoms with Gasteiger partial charge in [-0.15, -0.1) is 12.2 Å². The fraction of sp³-hybridized carbons (Fsp3) is 1.00. The van der Waals surface area contributed by atoms with Gasteiger partial charge >= 0.3 is 23.1 Å². The molecule has 0 atom stereocenters. The molecule has 0 aliphatic carbocycles. The Morgan fingerprint density at radius 1 is 0.778 bits per heavy atom. The Hall–Kier alpha value is 0.686. The van der Waals surface area contributed by atoms with Crippen molar-refractivity contribution in [3.8, 4) is 0 Å². The first kappa shape index (κ1) is 16.3. The third-order valence-corrected chi connectivity index (χ3v) is 0. The van der Waals surface area contributed by atoms with E-state index in [9.17, 15) is 10.2 Å². The predicted molar refractivity (Wildman–Crippen MR) is 36.0 cm³/mol. The van der Waals surface area contributed by atoms with E-state index in [1.54, 1.807) is 27.7 Å². The van der Waals surface area contributed by atoms with Crippen LogP contribution >= 0.6 is 0 Å². The molecule has 0 aromatic carbocycles. The van der Waals surface area contributed by atoms with E-state index in [0.717, 1.165) is 0 Å². The SMILES string of the molecule is CC(C)[O-].CC(C)[O-].[Mg+2]. The maximum absolute atomic E-state index is 9.53. The smallest absolute Gasteiger partial charge is 0.852 e. The van der Waals surface area contributed by atoms with Crippen molar-refractivity contribution in [2.24, 2.45) is 0 Å². The summed E-state index contributed by atoms with van der Waals surface area (Å²) in [4.78, 5) is 0. The molecule has 0 heterocycles. The molecular weight excluding hydrogens is 128 g/mol. The predicted octanol–water partition coefficient (Wildman–Crippen LogP) is -0.871. The molecule has 0 aliphatic heterocycles. The van der Waals surface area contributed by atoms with E-state index in [0.29, 0.717) is 0 Å². The summed E-state index contributed by atoms with van der Waals surface area (Å²) in [5.74, 6) is 0. The molecular formula is C6H14MgO2. The molecule has 9 heavy (non-hydrogen) atoms. The largest absolute Gasteiger partial charge is 2.00 e. The maximum atomic E-state index is 9.53. The van der Waals surface area contributed by atoms with Gasteiger partial charge in [0.1, 0.15) is 0 Å². The van der Waals surface area contributed by atoms with Gasteiger partial charge in [-0.05, 0) is 0 Å². The summed E-state index contributed by atoms with van der Waals surface area (Å²) < 4.78 is 0. The van der Waals surface area contributed by atoms with E-state index >= 15 is 0 Å². The van der Waals surface area contributed by atoms with Gasteiger partial charge in [0.25, 0.3) is 0 Å². The van der Waals surface area contributed by atoms with Gasteiger partial charge in [0.2, 0.25) is 0 Å². The van der Waals surface area contributed by atoms with Crippen LogP contribution in [0, 0.1) is 0 Å². The summed E-state index contributed by atoms with van der Waals surface area (Å²) in [6, 6.07) is 0. The van der Waals surface area contributed by atoms with E-state index in [4.69, 9.17) is 0 Å². The molecule has 0 aliphatic rings. The van der Waals surface area contributed by atoms with Crippen LogP contribution in [0.15, 0.2) is 0 Å². The molecule has 2 nitrogen and oxygen atoms in total. The standard InChI is InChI=1S/2C3H7O.Mg/c2*1-3(2)4;/h2*3H,1-2H3;/q2*-1;+2. The minimum Gasteiger partial charge on any atom is -0.852 e. The summed E-state index contributed by atoms with van der Waals surface area (Å²) in [5, 5.41) is 19.1. The molecule has 3 heteroatoms. The van der Waals surface area contributed by atoms with E-state index < -0.39 is 12.2 Å². The molecule has 0 bridgehead atoms. The monoisotopic (exact) mass is 142 g/mol. The second kappa shape index (κ2) is 11.5. The van der Waals surface area contributed by atoms with Crippen LogP contribution < -0.4 is 10.2 Å². The fourth-order valence-electron chi connectivity index (χ4n) is 0. The van der Waals surface area contributed by atoms with Crippen molar-refractivity contribution in [3.63, 3.8) is 0 Å². The van der Waals surface area contributed by atoms with Crippen LogP contribution in [0.1, 0.15) is 27.7 Å². The van der Waals surface area contributed by atoms with E-state index in [1.807, 2.05) is 0 Å². The molecule has 0 spiro atoms. The zero-order valence-corrected chi connectivity index (χ0v) is 8.09. The first-order chi connectivity index (χ1) is 3.46. The Balaban J connectivity index is -0.0000000720. The summed E-state index contributed by atoms with van der Waals surface area (Å²) in [6.07, 6.45) is -0.833. The van der Waals surface area contributed by atoms with Crippen molar-refractivity contribution in [1.82, 2.24) is 0 Å². The van der Waals surface area contributed by atoms with Crippen LogP contribution in [-0.2, 0) is 0 Å². The van der Waals surface area contributed by atoms with Crippen molar-refractivity contribution in [1.29, 1.82) is 0 Å². The number of hydrogen-bond donors (Lipinski definition) is 0. The quantitative estimate of drug-likeness (QED) is 0.413. The van der Waals surface area contributed by atoms with Crippen molar-refractivity contribution in [2.45, 2.75) is 39.9 Å². The Kier molecular flexibility index (Phi) is 20.9. The summed E-state index contributed by atoms with van der Waals surface area (Å²) in [5.41, 5.74) is 0. The van der Waals surface area contributed by atoms with Gasteiger partial charge in [0.05, 0.1) is 0 Å². The van der Waals surface area contributed by atoms with Gasteiger partial charge < -0.3 is 10.2 Å². The van der Waals surface area contributed by atoms with Gasteiger partial charge in [-0.1, -0.05) is 27.7 Å². The molecule has 52 valence electrons. The third-order valence-electron chi connectivity index (χ3n) is 0. The van der Waals surface area contributed by atoms with Gasteiger partial charge in [-0.3, -0.25) is 0 Å². The Morgan fingerprint density at radius 2 is 0.778 bits per heavy atom. The molecule has 0 rings (SSSR count). The molecule has 0 fully saturated rings. The Morgan fingerprint density at radius 3 is 0.778 bits per heavy atom. The number of hydrogen-bond acceptors (Lipinski definition) is 2. The minimum atomic E-state index is -0.417. The van der Waals surface area contributed by atoms with Gasteiger partial charge in [-0.25, -0.2) is 0 Å². The van der Waals surface area contributed by atoms with E-state index in [-0.39, 0.29) is 23.1 Å². The average molecular weight is 142 g/mol. The van der Waals surface area contributed by atoms with Crippen LogP contribution in [0.25, 0.3) is 0 Å². The second-order valence-electron chi connectivity index (χ2n) is 2.10. The first-order valence-corrected chi connectivity index (χ1v) is 2.78. The molecule has 0 radical (unpaired) electrons. The zero-order chi connectivity index (χ0) is 7.15. The van der Waals surface area contributed by atoms with Crippen LogP contribution in [0.4, 0.5) is 0 Å². The Labute approximate surface area is 73.4 Å². The van der Waals surface area contributed by atoms with E-state index in [1.165, 1.54) is 0 Å². The topological polar surface area (TPSA) is 46.1 Å². The second-order valence-corrected chi connectivity index (χ2v) is 2.10. The summed E-state index contributed by atoms with van der Waals surface area (Å²) >= 11 is 0. The van der Waals surface area contributed by atoms with Crippen molar-refractivity contribution in [3.05, 3.63) is 0 Å². The van der Waals surface area contributed by atoms with Crippen LogP contribution in [0.5, 0.6) is 0 Å². The van der Waals surface area contributed by atoms with Crippen molar-refractivity contribution in [2.75, 3.05) is 0 Å². The van der Waals surface area contributed by atoms with Crippen molar-refractivity contribution < 1.29 is 10.2 Å². The van der Waals surface area contributed by atoms with Crippen LogP contribution in [-0.4, -0.2) is 35.3 Å².